The van der Waals surface area contributed by atoms with Gasteiger partial charge in [0.2, 0.25) is 0 Å². The van der Waals surface area contributed by atoms with Gasteiger partial charge in [0.05, 0.1) is 0 Å². The molecule has 3 nitrogen and oxygen atoms in total. The Morgan fingerprint density at radius 2 is 1.76 bits per heavy atom. The number of nitrogens with one attached hydrogen (secondary N) is 1. The zero-order valence-electron chi connectivity index (χ0n) is 14.7. The van der Waals surface area contributed by atoms with Gasteiger partial charge in [-0.2, -0.15) is 0 Å². The quantitative estimate of drug-likeness (QED) is 0.752. The molecule has 1 atom stereocenters. The minimum atomic E-state index is 0.426. The van der Waals surface area contributed by atoms with Gasteiger partial charge in [0, 0.05) is 31.4 Å². The lowest BCUT2D eigenvalue weighted by atomic mass is 10.0. The maximum absolute atomic E-state index is 3.44. The van der Waals surface area contributed by atoms with Crippen molar-refractivity contribution in [2.45, 2.75) is 33.2 Å². The first kappa shape index (κ1) is 18.0. The normalized spacial score (nSPS) is 13.0. The van der Waals surface area contributed by atoms with Gasteiger partial charge in [-0.05, 0) is 45.1 Å². The maximum atomic E-state index is 3.44. The summed E-state index contributed by atoms with van der Waals surface area (Å²) < 4.78 is 0. The number of para-hydroxylation sites is 1. The Morgan fingerprint density at radius 3 is 2.29 bits per heavy atom. The largest absolute Gasteiger partial charge is 0.370 e. The summed E-state index contributed by atoms with van der Waals surface area (Å²) in [7, 11) is 6.33. The van der Waals surface area contributed by atoms with E-state index in [1.807, 2.05) is 0 Å². The Hall–Kier alpha value is -1.06. The van der Waals surface area contributed by atoms with Crippen molar-refractivity contribution in [1.29, 1.82) is 0 Å². The molecular formula is C18H33N3. The number of hydrogen-bond donors (Lipinski definition) is 1. The molecule has 0 saturated carbocycles. The molecule has 1 rings (SSSR count). The van der Waals surface area contributed by atoms with E-state index in [1.165, 1.54) is 11.3 Å². The third-order valence-corrected chi connectivity index (χ3v) is 3.81. The highest BCUT2D eigenvalue weighted by atomic mass is 15.2. The molecule has 0 fully saturated rings. The summed E-state index contributed by atoms with van der Waals surface area (Å²) in [6.07, 6.45) is 1.11. The van der Waals surface area contributed by atoms with Crippen LogP contribution in [-0.4, -0.2) is 45.7 Å². The Labute approximate surface area is 131 Å². The van der Waals surface area contributed by atoms with E-state index in [2.05, 4.69) is 81.3 Å². The molecule has 1 aromatic carbocycles. The molecule has 0 saturated heterocycles. The summed E-state index contributed by atoms with van der Waals surface area (Å²) >= 11 is 0. The molecule has 1 N–H and O–H groups in total. The molecule has 3 heteroatoms. The number of benzene rings is 1. The first-order valence-electron chi connectivity index (χ1n) is 8.15. The van der Waals surface area contributed by atoms with Crippen molar-refractivity contribution < 1.29 is 0 Å². The first-order chi connectivity index (χ1) is 9.99. The van der Waals surface area contributed by atoms with E-state index < -0.39 is 0 Å². The summed E-state index contributed by atoms with van der Waals surface area (Å²) in [5.41, 5.74) is 2.80. The molecule has 0 aromatic heterocycles. The van der Waals surface area contributed by atoms with E-state index >= 15 is 0 Å². The summed E-state index contributed by atoms with van der Waals surface area (Å²) in [6, 6.07) is 9.27. The van der Waals surface area contributed by atoms with Crippen molar-refractivity contribution in [2.24, 2.45) is 5.92 Å². The SMILES string of the molecule is CCC(NC)c1ccccc1N(CCN(C)C)CC(C)C. The van der Waals surface area contributed by atoms with Crippen molar-refractivity contribution in [3.8, 4) is 0 Å². The molecule has 0 aliphatic rings. The monoisotopic (exact) mass is 291 g/mol. The molecular weight excluding hydrogens is 258 g/mol. The van der Waals surface area contributed by atoms with E-state index in [9.17, 15) is 0 Å². The summed E-state index contributed by atoms with van der Waals surface area (Å²) in [5, 5.41) is 3.44. The van der Waals surface area contributed by atoms with Crippen LogP contribution in [-0.2, 0) is 0 Å². The molecule has 120 valence electrons. The Bertz CT molecular complexity index is 397. The topological polar surface area (TPSA) is 18.5 Å². The lowest BCUT2D eigenvalue weighted by Gasteiger charge is -2.31. The van der Waals surface area contributed by atoms with Gasteiger partial charge in [0.15, 0.2) is 0 Å². The highest BCUT2D eigenvalue weighted by Gasteiger charge is 2.17. The van der Waals surface area contributed by atoms with E-state index in [-0.39, 0.29) is 0 Å². The van der Waals surface area contributed by atoms with Crippen molar-refractivity contribution >= 4 is 5.69 Å². The molecule has 0 aliphatic heterocycles. The van der Waals surface area contributed by atoms with E-state index in [0.29, 0.717) is 12.0 Å². The van der Waals surface area contributed by atoms with Gasteiger partial charge in [-0.25, -0.2) is 0 Å². The summed E-state index contributed by atoms with van der Waals surface area (Å²) in [5.74, 6) is 0.662. The number of nitrogens with zero attached hydrogens (tertiary/aromatic N) is 2. The van der Waals surface area contributed by atoms with Gasteiger partial charge in [0.1, 0.15) is 0 Å². The molecule has 0 radical (unpaired) electrons. The van der Waals surface area contributed by atoms with Crippen LogP contribution in [0.2, 0.25) is 0 Å². The van der Waals surface area contributed by atoms with Gasteiger partial charge < -0.3 is 15.1 Å². The van der Waals surface area contributed by atoms with Crippen molar-refractivity contribution in [3.05, 3.63) is 29.8 Å². The molecule has 21 heavy (non-hydrogen) atoms. The average Bonchev–Trinajstić information content (AvgIpc) is 2.45. The predicted octanol–water partition coefficient (Wildman–Crippen LogP) is 3.38. The molecule has 1 aromatic rings. The van der Waals surface area contributed by atoms with Crippen LogP contribution in [0.1, 0.15) is 38.8 Å². The van der Waals surface area contributed by atoms with Gasteiger partial charge in [0.25, 0.3) is 0 Å². The second-order valence-corrected chi connectivity index (χ2v) is 6.45. The Morgan fingerprint density at radius 1 is 1.10 bits per heavy atom. The van der Waals surface area contributed by atoms with E-state index in [1.54, 1.807) is 0 Å². The molecule has 0 aliphatic carbocycles. The lowest BCUT2D eigenvalue weighted by Crippen LogP contribution is -2.35. The lowest BCUT2D eigenvalue weighted by molar-refractivity contribution is 0.408. The van der Waals surface area contributed by atoms with Gasteiger partial charge in [-0.15, -0.1) is 0 Å². The van der Waals surface area contributed by atoms with Crippen LogP contribution in [0, 0.1) is 5.92 Å². The highest BCUT2D eigenvalue weighted by molar-refractivity contribution is 5.55. The van der Waals surface area contributed by atoms with Gasteiger partial charge >= 0.3 is 0 Å². The van der Waals surface area contributed by atoms with Crippen LogP contribution < -0.4 is 10.2 Å². The van der Waals surface area contributed by atoms with E-state index in [4.69, 9.17) is 0 Å². The number of hydrogen-bond acceptors (Lipinski definition) is 3. The second kappa shape index (κ2) is 9.06. The summed E-state index contributed by atoms with van der Waals surface area (Å²) in [4.78, 5) is 4.80. The summed E-state index contributed by atoms with van der Waals surface area (Å²) in [6.45, 7) is 10.1. The van der Waals surface area contributed by atoms with Crippen molar-refractivity contribution in [3.63, 3.8) is 0 Å². The minimum absolute atomic E-state index is 0.426. The Kier molecular flexibility index (Phi) is 7.76. The molecule has 1 unspecified atom stereocenters. The average molecular weight is 291 g/mol. The van der Waals surface area contributed by atoms with Crippen LogP contribution in [0.5, 0.6) is 0 Å². The predicted molar refractivity (Wildman–Crippen MR) is 94.1 cm³/mol. The third kappa shape index (κ3) is 5.68. The zero-order valence-corrected chi connectivity index (χ0v) is 14.7. The second-order valence-electron chi connectivity index (χ2n) is 6.45. The highest BCUT2D eigenvalue weighted by Crippen LogP contribution is 2.28. The first-order valence-corrected chi connectivity index (χ1v) is 8.15. The van der Waals surface area contributed by atoms with Crippen molar-refractivity contribution in [2.75, 3.05) is 45.7 Å². The number of likely N-dealkylation sites (N-methyl/N-ethyl adjacent to an activating group) is 1. The molecule has 0 amide bonds. The maximum Gasteiger partial charge on any atom is 0.0415 e. The standard InChI is InChI=1S/C18H33N3/c1-7-17(19-4)16-10-8-9-11-18(16)21(14-15(2)3)13-12-20(5)6/h8-11,15,17,19H,7,12-14H2,1-6H3. The van der Waals surface area contributed by atoms with Crippen LogP contribution in [0.15, 0.2) is 24.3 Å². The third-order valence-electron chi connectivity index (χ3n) is 3.81. The Balaban J connectivity index is 3.05. The zero-order chi connectivity index (χ0) is 15.8. The van der Waals surface area contributed by atoms with E-state index in [0.717, 1.165) is 26.1 Å². The van der Waals surface area contributed by atoms with Crippen LogP contribution >= 0.6 is 0 Å². The minimum Gasteiger partial charge on any atom is -0.370 e. The van der Waals surface area contributed by atoms with Crippen molar-refractivity contribution in [1.82, 2.24) is 10.2 Å². The molecule has 0 heterocycles. The molecule has 0 spiro atoms. The van der Waals surface area contributed by atoms with Crippen LogP contribution in [0.4, 0.5) is 5.69 Å². The van der Waals surface area contributed by atoms with Gasteiger partial charge in [-0.3, -0.25) is 0 Å². The number of rotatable bonds is 9. The fourth-order valence-corrected chi connectivity index (χ4v) is 2.72. The fraction of sp³-hybridized carbons (Fsp3) is 0.667. The smallest absolute Gasteiger partial charge is 0.0415 e. The van der Waals surface area contributed by atoms with Crippen LogP contribution in [0.25, 0.3) is 0 Å². The molecule has 0 bridgehead atoms. The van der Waals surface area contributed by atoms with Crippen LogP contribution in [0.3, 0.4) is 0 Å². The fourth-order valence-electron chi connectivity index (χ4n) is 2.72. The van der Waals surface area contributed by atoms with Gasteiger partial charge in [-0.1, -0.05) is 39.0 Å². The number of anilines is 1.